The lowest BCUT2D eigenvalue weighted by Crippen LogP contribution is -2.37. The maximum Gasteiger partial charge on any atom is 0.263 e. The number of fused-ring (bicyclic) bond motifs is 1. The van der Waals surface area contributed by atoms with Gasteiger partial charge in [-0.15, -0.1) is 11.3 Å². The number of carbonyl (C=O) groups is 1. The van der Waals surface area contributed by atoms with E-state index in [1.165, 1.54) is 33.5 Å². The number of hydrogen-bond acceptors (Lipinski definition) is 2. The fraction of sp³-hybridized carbons (Fsp3) is 0.316. The van der Waals surface area contributed by atoms with Gasteiger partial charge in [-0.1, -0.05) is 17.7 Å². The van der Waals surface area contributed by atoms with Crippen molar-refractivity contribution < 1.29 is 4.79 Å². The summed E-state index contributed by atoms with van der Waals surface area (Å²) in [6.07, 6.45) is 2.06. The number of likely N-dealkylation sites (tertiary alicyclic amines) is 1. The minimum Gasteiger partial charge on any atom is -0.358 e. The fourth-order valence-electron chi connectivity index (χ4n) is 3.44. The minimum absolute atomic E-state index is 0.186. The molecule has 1 N–H and O–H groups in total. The number of hydrogen-bond donors (Lipinski definition) is 1. The van der Waals surface area contributed by atoms with Gasteiger partial charge < -0.3 is 9.88 Å². The SMILES string of the molecule is Cc1ccc2[nH]c(C3CCN(C(=O)c4cccs4)CC3)cc2c1. The zero-order valence-corrected chi connectivity index (χ0v) is 14.0. The molecule has 1 aromatic carbocycles. The number of piperidine rings is 1. The number of H-pyrrole nitrogens is 1. The molecule has 0 radical (unpaired) electrons. The van der Waals surface area contributed by atoms with Gasteiger partial charge in [-0.05, 0) is 54.8 Å². The molecule has 2 aromatic heterocycles. The summed E-state index contributed by atoms with van der Waals surface area (Å²) >= 11 is 1.53. The van der Waals surface area contributed by atoms with Crippen LogP contribution in [0, 0.1) is 6.92 Å². The van der Waals surface area contributed by atoms with Crippen LogP contribution in [0.5, 0.6) is 0 Å². The van der Waals surface area contributed by atoms with Crippen LogP contribution in [-0.4, -0.2) is 28.9 Å². The van der Waals surface area contributed by atoms with Crippen molar-refractivity contribution in [3.8, 4) is 0 Å². The van der Waals surface area contributed by atoms with Gasteiger partial charge in [-0.2, -0.15) is 0 Å². The van der Waals surface area contributed by atoms with E-state index in [9.17, 15) is 4.79 Å². The highest BCUT2D eigenvalue weighted by atomic mass is 32.1. The molecule has 0 spiro atoms. The molecule has 0 atom stereocenters. The van der Waals surface area contributed by atoms with E-state index in [1.54, 1.807) is 0 Å². The van der Waals surface area contributed by atoms with Crippen LogP contribution in [0.1, 0.15) is 39.7 Å². The van der Waals surface area contributed by atoms with Crippen LogP contribution in [-0.2, 0) is 0 Å². The highest BCUT2D eigenvalue weighted by Crippen LogP contribution is 2.31. The Morgan fingerprint density at radius 1 is 1.22 bits per heavy atom. The standard InChI is InChI=1S/C19H20N2OS/c1-13-4-5-16-15(11-13)12-17(20-16)14-6-8-21(9-7-14)19(22)18-3-2-10-23-18/h2-5,10-12,14,20H,6-9H2,1H3. The molecule has 0 unspecified atom stereocenters. The largest absolute Gasteiger partial charge is 0.358 e. The molecule has 1 aliphatic rings. The number of aromatic nitrogens is 1. The maximum absolute atomic E-state index is 12.4. The molecule has 1 fully saturated rings. The number of rotatable bonds is 2. The van der Waals surface area contributed by atoms with E-state index in [-0.39, 0.29) is 5.91 Å². The summed E-state index contributed by atoms with van der Waals surface area (Å²) in [6, 6.07) is 12.7. The van der Waals surface area contributed by atoms with E-state index in [1.807, 2.05) is 22.4 Å². The molecule has 4 rings (SSSR count). The second-order valence-corrected chi connectivity index (χ2v) is 7.31. The Morgan fingerprint density at radius 3 is 2.78 bits per heavy atom. The number of aryl methyl sites for hydroxylation is 1. The second-order valence-electron chi connectivity index (χ2n) is 6.36. The van der Waals surface area contributed by atoms with Crippen molar-refractivity contribution >= 4 is 28.1 Å². The molecule has 0 aliphatic carbocycles. The summed E-state index contributed by atoms with van der Waals surface area (Å²) in [5.41, 5.74) is 3.82. The highest BCUT2D eigenvalue weighted by Gasteiger charge is 2.25. The Balaban J connectivity index is 1.47. The summed E-state index contributed by atoms with van der Waals surface area (Å²) in [5, 5.41) is 3.25. The van der Waals surface area contributed by atoms with Crippen LogP contribution < -0.4 is 0 Å². The molecule has 1 saturated heterocycles. The molecule has 1 aliphatic heterocycles. The molecule has 4 heteroatoms. The minimum atomic E-state index is 0.186. The number of nitrogens with one attached hydrogen (secondary N) is 1. The Kier molecular flexibility index (Phi) is 3.69. The third-order valence-electron chi connectivity index (χ3n) is 4.75. The zero-order chi connectivity index (χ0) is 15.8. The first kappa shape index (κ1) is 14.5. The second kappa shape index (κ2) is 5.85. The summed E-state index contributed by atoms with van der Waals surface area (Å²) < 4.78 is 0. The van der Waals surface area contributed by atoms with Gasteiger partial charge in [0.25, 0.3) is 5.91 Å². The average molecular weight is 324 g/mol. The summed E-state index contributed by atoms with van der Waals surface area (Å²) in [6.45, 7) is 3.81. The van der Waals surface area contributed by atoms with Crippen molar-refractivity contribution in [2.24, 2.45) is 0 Å². The van der Waals surface area contributed by atoms with E-state index in [4.69, 9.17) is 0 Å². The number of benzene rings is 1. The lowest BCUT2D eigenvalue weighted by molar-refractivity contribution is 0.0717. The van der Waals surface area contributed by atoms with Crippen LogP contribution in [0.15, 0.2) is 41.8 Å². The number of carbonyl (C=O) groups excluding carboxylic acids is 1. The summed E-state index contributed by atoms with van der Waals surface area (Å²) in [7, 11) is 0. The van der Waals surface area contributed by atoms with Gasteiger partial charge in [-0.3, -0.25) is 4.79 Å². The molecule has 118 valence electrons. The van der Waals surface area contributed by atoms with Gasteiger partial charge in [-0.25, -0.2) is 0 Å². The van der Waals surface area contributed by atoms with E-state index in [2.05, 4.69) is 36.2 Å². The average Bonchev–Trinajstić information content (AvgIpc) is 3.23. The number of nitrogens with zero attached hydrogens (tertiary/aromatic N) is 1. The number of thiophene rings is 1. The van der Waals surface area contributed by atoms with E-state index >= 15 is 0 Å². The lowest BCUT2D eigenvalue weighted by Gasteiger charge is -2.31. The molecule has 0 saturated carbocycles. The van der Waals surface area contributed by atoms with E-state index in [0.29, 0.717) is 5.92 Å². The van der Waals surface area contributed by atoms with Crippen molar-refractivity contribution in [3.05, 3.63) is 57.9 Å². The molecular weight excluding hydrogens is 304 g/mol. The molecule has 3 aromatic rings. The maximum atomic E-state index is 12.4. The quantitative estimate of drug-likeness (QED) is 0.737. The number of aromatic amines is 1. The van der Waals surface area contributed by atoms with Crippen molar-refractivity contribution in [2.75, 3.05) is 13.1 Å². The van der Waals surface area contributed by atoms with Crippen LogP contribution in [0.25, 0.3) is 10.9 Å². The molecule has 0 bridgehead atoms. The van der Waals surface area contributed by atoms with E-state index in [0.717, 1.165) is 30.8 Å². The van der Waals surface area contributed by atoms with E-state index < -0.39 is 0 Å². The third-order valence-corrected chi connectivity index (χ3v) is 5.61. The van der Waals surface area contributed by atoms with Crippen LogP contribution in [0.2, 0.25) is 0 Å². The van der Waals surface area contributed by atoms with Crippen molar-refractivity contribution in [1.29, 1.82) is 0 Å². The highest BCUT2D eigenvalue weighted by molar-refractivity contribution is 7.12. The predicted molar refractivity (Wildman–Crippen MR) is 95.2 cm³/mol. The van der Waals surface area contributed by atoms with Gasteiger partial charge in [0.2, 0.25) is 0 Å². The summed E-state index contributed by atoms with van der Waals surface area (Å²) in [5.74, 6) is 0.709. The smallest absolute Gasteiger partial charge is 0.263 e. The molecule has 23 heavy (non-hydrogen) atoms. The zero-order valence-electron chi connectivity index (χ0n) is 13.2. The van der Waals surface area contributed by atoms with Gasteiger partial charge >= 0.3 is 0 Å². The van der Waals surface area contributed by atoms with Gasteiger partial charge in [0, 0.05) is 30.2 Å². The Hall–Kier alpha value is -2.07. The Labute approximate surface area is 139 Å². The normalized spacial score (nSPS) is 16.1. The molecule has 3 heterocycles. The van der Waals surface area contributed by atoms with Crippen molar-refractivity contribution in [3.63, 3.8) is 0 Å². The predicted octanol–water partition coefficient (Wildman–Crippen LogP) is 4.56. The van der Waals surface area contributed by atoms with Gasteiger partial charge in [0.1, 0.15) is 0 Å². The van der Waals surface area contributed by atoms with Crippen LogP contribution in [0.4, 0.5) is 0 Å². The molecule has 1 amide bonds. The Bertz CT molecular complexity index is 826. The van der Waals surface area contributed by atoms with Crippen molar-refractivity contribution in [1.82, 2.24) is 9.88 Å². The number of amides is 1. The van der Waals surface area contributed by atoms with Crippen molar-refractivity contribution in [2.45, 2.75) is 25.7 Å². The van der Waals surface area contributed by atoms with Crippen LogP contribution >= 0.6 is 11.3 Å². The monoisotopic (exact) mass is 324 g/mol. The first-order valence-electron chi connectivity index (χ1n) is 8.13. The Morgan fingerprint density at radius 2 is 2.04 bits per heavy atom. The van der Waals surface area contributed by atoms with Gasteiger partial charge in [0.15, 0.2) is 0 Å². The fourth-order valence-corrected chi connectivity index (χ4v) is 4.13. The topological polar surface area (TPSA) is 36.1 Å². The first-order chi connectivity index (χ1) is 11.2. The summed E-state index contributed by atoms with van der Waals surface area (Å²) in [4.78, 5) is 18.8. The molecule has 3 nitrogen and oxygen atoms in total. The van der Waals surface area contributed by atoms with Gasteiger partial charge in [0.05, 0.1) is 4.88 Å². The third kappa shape index (κ3) is 2.79. The molecular formula is C19H20N2OS. The first-order valence-corrected chi connectivity index (χ1v) is 9.01. The lowest BCUT2D eigenvalue weighted by atomic mass is 9.93. The van der Waals surface area contributed by atoms with Crippen LogP contribution in [0.3, 0.4) is 0 Å².